The van der Waals surface area contributed by atoms with E-state index < -0.39 is 0 Å². The largest absolute Gasteiger partial charge is 0.378 e. The van der Waals surface area contributed by atoms with Gasteiger partial charge in [-0.05, 0) is 30.3 Å². The Balaban J connectivity index is 1.89. The molecular formula is C17H17N3O2. The monoisotopic (exact) mass is 295 g/mol. The molecule has 5 heteroatoms. The van der Waals surface area contributed by atoms with E-state index in [1.807, 2.05) is 18.3 Å². The summed E-state index contributed by atoms with van der Waals surface area (Å²) in [5.74, 6) is -0.0752. The van der Waals surface area contributed by atoms with E-state index in [-0.39, 0.29) is 12.0 Å². The van der Waals surface area contributed by atoms with Gasteiger partial charge < -0.3 is 14.2 Å². The van der Waals surface area contributed by atoms with Crippen LogP contribution in [0.2, 0.25) is 0 Å². The Morgan fingerprint density at radius 3 is 2.95 bits per heavy atom. The quantitative estimate of drug-likeness (QED) is 0.852. The minimum Gasteiger partial charge on any atom is -0.378 e. The zero-order valence-electron chi connectivity index (χ0n) is 12.4. The zero-order valence-corrected chi connectivity index (χ0v) is 12.4. The van der Waals surface area contributed by atoms with Gasteiger partial charge in [-0.3, -0.25) is 4.79 Å². The van der Waals surface area contributed by atoms with Crippen LogP contribution in [0.1, 0.15) is 21.6 Å². The highest BCUT2D eigenvalue weighted by Gasteiger charge is 2.25. The molecule has 22 heavy (non-hydrogen) atoms. The van der Waals surface area contributed by atoms with E-state index in [0.717, 1.165) is 12.2 Å². The van der Waals surface area contributed by atoms with Crippen molar-refractivity contribution in [2.45, 2.75) is 19.2 Å². The van der Waals surface area contributed by atoms with Gasteiger partial charge in [0.1, 0.15) is 0 Å². The third kappa shape index (κ3) is 2.74. The van der Waals surface area contributed by atoms with E-state index in [4.69, 9.17) is 10.00 Å². The second kappa shape index (κ2) is 6.04. The van der Waals surface area contributed by atoms with Gasteiger partial charge in [-0.2, -0.15) is 5.26 Å². The third-order valence-corrected chi connectivity index (χ3v) is 3.96. The molecule has 1 aliphatic heterocycles. The van der Waals surface area contributed by atoms with Gasteiger partial charge in [0.05, 0.1) is 30.8 Å². The first-order chi connectivity index (χ1) is 10.7. The van der Waals surface area contributed by atoms with Gasteiger partial charge >= 0.3 is 0 Å². The molecule has 1 aromatic heterocycles. The van der Waals surface area contributed by atoms with E-state index in [1.165, 1.54) is 0 Å². The summed E-state index contributed by atoms with van der Waals surface area (Å²) in [7, 11) is 1.66. The van der Waals surface area contributed by atoms with Crippen LogP contribution in [0.4, 0.5) is 0 Å². The summed E-state index contributed by atoms with van der Waals surface area (Å²) >= 11 is 0. The first kappa shape index (κ1) is 14.4. The molecule has 0 fully saturated rings. The molecule has 112 valence electrons. The second-order valence-electron chi connectivity index (χ2n) is 5.39. The molecule has 0 aliphatic carbocycles. The molecule has 0 spiro atoms. The highest BCUT2D eigenvalue weighted by atomic mass is 16.5. The lowest BCUT2D eigenvalue weighted by Crippen LogP contribution is -2.36. The van der Waals surface area contributed by atoms with Crippen molar-refractivity contribution in [1.29, 1.82) is 5.26 Å². The minimum atomic E-state index is -0.0752. The minimum absolute atomic E-state index is 0.0447. The summed E-state index contributed by atoms with van der Waals surface area (Å²) in [6.45, 7) is 1.82. The van der Waals surface area contributed by atoms with Gasteiger partial charge in [-0.25, -0.2) is 0 Å². The van der Waals surface area contributed by atoms with E-state index >= 15 is 0 Å². The number of ether oxygens (including phenoxy) is 1. The van der Waals surface area contributed by atoms with Crippen LogP contribution < -0.4 is 0 Å². The fourth-order valence-electron chi connectivity index (χ4n) is 2.76. The van der Waals surface area contributed by atoms with Crippen LogP contribution >= 0.6 is 0 Å². The maximum absolute atomic E-state index is 12.8. The zero-order chi connectivity index (χ0) is 15.5. The summed E-state index contributed by atoms with van der Waals surface area (Å²) in [6.07, 6.45) is 1.96. The molecule has 2 aromatic rings. The molecule has 0 saturated heterocycles. The molecule has 1 aliphatic rings. The molecule has 1 atom stereocenters. The number of fused-ring (bicyclic) bond motifs is 1. The third-order valence-electron chi connectivity index (χ3n) is 3.96. The molecule has 0 saturated carbocycles. The number of hydrogen-bond acceptors (Lipinski definition) is 3. The van der Waals surface area contributed by atoms with Crippen LogP contribution in [0.5, 0.6) is 0 Å². The standard InChI is InChI=1S/C17H17N3O2/c1-22-16-11-19-7-3-6-15(19)10-20(12-16)17(21)14-5-2-4-13(8-14)9-18/h2-8,16H,10-12H2,1H3/t16-/m1/s1. The molecule has 1 amide bonds. The number of nitrogens with zero attached hydrogens (tertiary/aromatic N) is 3. The SMILES string of the molecule is CO[C@H]1CN(C(=O)c2cccc(C#N)c2)Cc2cccn2C1. The van der Waals surface area contributed by atoms with Gasteiger partial charge in [-0.15, -0.1) is 0 Å². The molecule has 0 N–H and O–H groups in total. The highest BCUT2D eigenvalue weighted by molar-refractivity contribution is 5.94. The van der Waals surface area contributed by atoms with Crippen molar-refractivity contribution in [3.8, 4) is 6.07 Å². The van der Waals surface area contributed by atoms with Crippen LogP contribution in [-0.2, 0) is 17.8 Å². The molecule has 3 rings (SSSR count). The van der Waals surface area contributed by atoms with Gasteiger partial charge in [-0.1, -0.05) is 6.07 Å². The smallest absolute Gasteiger partial charge is 0.254 e. The Morgan fingerprint density at radius 2 is 2.18 bits per heavy atom. The summed E-state index contributed by atoms with van der Waals surface area (Å²) in [4.78, 5) is 14.5. The number of hydrogen-bond donors (Lipinski definition) is 0. The first-order valence-electron chi connectivity index (χ1n) is 7.17. The molecule has 0 bridgehead atoms. The number of carbonyl (C=O) groups is 1. The number of nitriles is 1. The fraction of sp³-hybridized carbons (Fsp3) is 0.294. The van der Waals surface area contributed by atoms with Gasteiger partial charge in [0, 0.05) is 31.1 Å². The Bertz CT molecular complexity index is 730. The second-order valence-corrected chi connectivity index (χ2v) is 5.39. The number of aromatic nitrogens is 1. The molecule has 0 unspecified atom stereocenters. The van der Waals surface area contributed by atoms with E-state index in [9.17, 15) is 4.79 Å². The lowest BCUT2D eigenvalue weighted by Gasteiger charge is -2.23. The molecular weight excluding hydrogens is 278 g/mol. The maximum atomic E-state index is 12.8. The number of rotatable bonds is 2. The average Bonchev–Trinajstić information content (AvgIpc) is 2.91. The van der Waals surface area contributed by atoms with Crippen LogP contribution in [0, 0.1) is 11.3 Å². The van der Waals surface area contributed by atoms with Crippen LogP contribution in [0.15, 0.2) is 42.6 Å². The number of methoxy groups -OCH3 is 1. The topological polar surface area (TPSA) is 58.3 Å². The number of amides is 1. The van der Waals surface area contributed by atoms with Crippen molar-refractivity contribution in [2.24, 2.45) is 0 Å². The lowest BCUT2D eigenvalue weighted by atomic mass is 10.1. The van der Waals surface area contributed by atoms with Crippen LogP contribution in [0.25, 0.3) is 0 Å². The van der Waals surface area contributed by atoms with Crippen molar-refractivity contribution in [2.75, 3.05) is 13.7 Å². The maximum Gasteiger partial charge on any atom is 0.254 e. The Kier molecular flexibility index (Phi) is 3.94. The summed E-state index contributed by atoms with van der Waals surface area (Å²) < 4.78 is 7.61. The summed E-state index contributed by atoms with van der Waals surface area (Å²) in [5.41, 5.74) is 2.12. The number of benzene rings is 1. The van der Waals surface area contributed by atoms with Crippen molar-refractivity contribution in [1.82, 2.24) is 9.47 Å². The summed E-state index contributed by atoms with van der Waals surface area (Å²) in [6, 6.07) is 12.9. The van der Waals surface area contributed by atoms with Crippen molar-refractivity contribution >= 4 is 5.91 Å². The lowest BCUT2D eigenvalue weighted by molar-refractivity contribution is 0.0459. The molecule has 5 nitrogen and oxygen atoms in total. The Labute approximate surface area is 129 Å². The number of carbonyl (C=O) groups excluding carboxylic acids is 1. The van der Waals surface area contributed by atoms with Crippen molar-refractivity contribution in [3.05, 3.63) is 59.4 Å². The van der Waals surface area contributed by atoms with E-state index in [1.54, 1.807) is 36.3 Å². The van der Waals surface area contributed by atoms with Crippen LogP contribution in [0.3, 0.4) is 0 Å². The average molecular weight is 295 g/mol. The van der Waals surface area contributed by atoms with Crippen molar-refractivity contribution < 1.29 is 9.53 Å². The summed E-state index contributed by atoms with van der Waals surface area (Å²) in [5, 5.41) is 8.98. The van der Waals surface area contributed by atoms with Crippen molar-refractivity contribution in [3.63, 3.8) is 0 Å². The van der Waals surface area contributed by atoms with Gasteiger partial charge in [0.25, 0.3) is 5.91 Å². The van der Waals surface area contributed by atoms with Crippen LogP contribution in [-0.4, -0.2) is 35.1 Å². The Morgan fingerprint density at radius 1 is 1.32 bits per heavy atom. The molecule has 2 heterocycles. The van der Waals surface area contributed by atoms with E-state index in [0.29, 0.717) is 24.2 Å². The normalized spacial score (nSPS) is 17.5. The first-order valence-corrected chi connectivity index (χ1v) is 7.17. The predicted octanol–water partition coefficient (Wildman–Crippen LogP) is 2.03. The predicted molar refractivity (Wildman–Crippen MR) is 81.1 cm³/mol. The van der Waals surface area contributed by atoms with Gasteiger partial charge in [0.2, 0.25) is 0 Å². The van der Waals surface area contributed by atoms with E-state index in [2.05, 4.69) is 10.6 Å². The highest BCUT2D eigenvalue weighted by Crippen LogP contribution is 2.18. The van der Waals surface area contributed by atoms with Gasteiger partial charge in [0.15, 0.2) is 0 Å². The Hall–Kier alpha value is -2.58. The molecule has 1 aromatic carbocycles. The molecule has 0 radical (unpaired) electrons. The fourth-order valence-corrected chi connectivity index (χ4v) is 2.76.